The largest absolute Gasteiger partial charge is 0.368 e. The SMILES string of the molecule is CC(C)C(Nc1nc2ccccc2[nH]1)C(N)=O. The lowest BCUT2D eigenvalue weighted by atomic mass is 10.0. The van der Waals surface area contributed by atoms with Crippen LogP contribution in [0.25, 0.3) is 11.0 Å². The van der Waals surface area contributed by atoms with E-state index in [9.17, 15) is 4.79 Å². The molecule has 1 unspecified atom stereocenters. The van der Waals surface area contributed by atoms with Gasteiger partial charge < -0.3 is 16.0 Å². The number of nitrogens with zero attached hydrogens (tertiary/aromatic N) is 1. The van der Waals surface area contributed by atoms with Crippen molar-refractivity contribution in [2.45, 2.75) is 19.9 Å². The average molecular weight is 232 g/mol. The molecule has 0 saturated carbocycles. The third-order valence-electron chi connectivity index (χ3n) is 2.65. The molecule has 2 aromatic rings. The first-order valence-corrected chi connectivity index (χ1v) is 5.58. The van der Waals surface area contributed by atoms with Crippen LogP contribution in [0, 0.1) is 5.92 Å². The van der Waals surface area contributed by atoms with Crippen LogP contribution in [-0.2, 0) is 4.79 Å². The molecule has 0 fully saturated rings. The molecule has 90 valence electrons. The summed E-state index contributed by atoms with van der Waals surface area (Å²) in [5.74, 6) is 0.310. The van der Waals surface area contributed by atoms with Crippen LogP contribution in [-0.4, -0.2) is 21.9 Å². The molecule has 1 aromatic heterocycles. The first kappa shape index (κ1) is 11.4. The Bertz CT molecular complexity index is 499. The maximum atomic E-state index is 11.3. The first-order chi connectivity index (χ1) is 8.08. The van der Waals surface area contributed by atoms with E-state index in [-0.39, 0.29) is 11.8 Å². The van der Waals surface area contributed by atoms with Gasteiger partial charge in [-0.2, -0.15) is 0 Å². The molecular weight excluding hydrogens is 216 g/mol. The highest BCUT2D eigenvalue weighted by Crippen LogP contribution is 2.15. The molecule has 4 N–H and O–H groups in total. The second kappa shape index (κ2) is 4.45. The number of aromatic amines is 1. The molecular formula is C12H16N4O. The molecule has 17 heavy (non-hydrogen) atoms. The van der Waals surface area contributed by atoms with Crippen molar-refractivity contribution in [2.24, 2.45) is 11.7 Å². The number of carbonyl (C=O) groups is 1. The van der Waals surface area contributed by atoms with E-state index in [1.165, 1.54) is 0 Å². The predicted molar refractivity (Wildman–Crippen MR) is 67.5 cm³/mol. The lowest BCUT2D eigenvalue weighted by Crippen LogP contribution is -2.39. The zero-order valence-electron chi connectivity index (χ0n) is 9.90. The summed E-state index contributed by atoms with van der Waals surface area (Å²) in [4.78, 5) is 18.7. The summed E-state index contributed by atoms with van der Waals surface area (Å²) in [5, 5.41) is 3.03. The quantitative estimate of drug-likeness (QED) is 0.746. The average Bonchev–Trinajstić information content (AvgIpc) is 2.67. The van der Waals surface area contributed by atoms with Crippen molar-refractivity contribution in [1.82, 2.24) is 9.97 Å². The fourth-order valence-electron chi connectivity index (χ4n) is 1.73. The molecule has 0 radical (unpaired) electrons. The number of imidazole rings is 1. The van der Waals surface area contributed by atoms with Gasteiger partial charge in [0.25, 0.3) is 0 Å². The normalized spacial score (nSPS) is 12.9. The van der Waals surface area contributed by atoms with Gasteiger partial charge in [0.15, 0.2) is 0 Å². The van der Waals surface area contributed by atoms with Crippen molar-refractivity contribution in [3.63, 3.8) is 0 Å². The smallest absolute Gasteiger partial charge is 0.240 e. The van der Waals surface area contributed by atoms with Crippen LogP contribution in [0.4, 0.5) is 5.95 Å². The number of nitrogens with two attached hydrogens (primary N) is 1. The van der Waals surface area contributed by atoms with E-state index in [0.29, 0.717) is 5.95 Å². The Kier molecular flexibility index (Phi) is 2.99. The standard InChI is InChI=1S/C12H16N4O/c1-7(2)10(11(13)17)16-12-14-8-5-3-4-6-9(8)15-12/h3-7,10H,1-2H3,(H2,13,17)(H2,14,15,16). The van der Waals surface area contributed by atoms with Crippen LogP contribution in [0.1, 0.15) is 13.8 Å². The van der Waals surface area contributed by atoms with Gasteiger partial charge in [0.1, 0.15) is 6.04 Å². The highest BCUT2D eigenvalue weighted by atomic mass is 16.1. The van der Waals surface area contributed by atoms with Gasteiger partial charge in [-0.1, -0.05) is 26.0 Å². The Morgan fingerprint density at radius 1 is 1.41 bits per heavy atom. The van der Waals surface area contributed by atoms with Crippen LogP contribution in [0.2, 0.25) is 0 Å². The second-order valence-electron chi connectivity index (χ2n) is 4.37. The molecule has 2 rings (SSSR count). The van der Waals surface area contributed by atoms with Gasteiger partial charge >= 0.3 is 0 Å². The molecule has 0 aliphatic rings. The second-order valence-corrected chi connectivity index (χ2v) is 4.37. The predicted octanol–water partition coefficient (Wildman–Crippen LogP) is 1.48. The van der Waals surface area contributed by atoms with Gasteiger partial charge in [-0.25, -0.2) is 4.98 Å². The highest BCUT2D eigenvalue weighted by Gasteiger charge is 2.20. The fraction of sp³-hybridized carbons (Fsp3) is 0.333. The minimum absolute atomic E-state index is 0.112. The van der Waals surface area contributed by atoms with Crippen molar-refractivity contribution in [1.29, 1.82) is 0 Å². The molecule has 1 aromatic carbocycles. The van der Waals surface area contributed by atoms with Gasteiger partial charge in [-0.05, 0) is 18.1 Å². The zero-order chi connectivity index (χ0) is 12.4. The number of primary amides is 1. The number of amides is 1. The Labute approximate surface area is 99.4 Å². The van der Waals surface area contributed by atoms with Crippen LogP contribution >= 0.6 is 0 Å². The van der Waals surface area contributed by atoms with Crippen molar-refractivity contribution in [3.8, 4) is 0 Å². The molecule has 5 heteroatoms. The molecule has 0 aliphatic heterocycles. The van der Waals surface area contributed by atoms with Gasteiger partial charge in [0, 0.05) is 0 Å². The van der Waals surface area contributed by atoms with E-state index in [1.54, 1.807) is 0 Å². The number of anilines is 1. The van der Waals surface area contributed by atoms with Crippen LogP contribution in [0.5, 0.6) is 0 Å². The molecule has 1 amide bonds. The number of carbonyl (C=O) groups excluding carboxylic acids is 1. The number of hydrogen-bond acceptors (Lipinski definition) is 3. The minimum atomic E-state index is -0.421. The number of nitrogens with one attached hydrogen (secondary N) is 2. The first-order valence-electron chi connectivity index (χ1n) is 5.58. The zero-order valence-corrected chi connectivity index (χ0v) is 9.90. The number of hydrogen-bond donors (Lipinski definition) is 3. The number of para-hydroxylation sites is 2. The minimum Gasteiger partial charge on any atom is -0.368 e. The summed E-state index contributed by atoms with van der Waals surface area (Å²) >= 11 is 0. The number of aromatic nitrogens is 2. The Hall–Kier alpha value is -2.04. The molecule has 0 aliphatic carbocycles. The van der Waals surface area contributed by atoms with Gasteiger partial charge in [0.05, 0.1) is 11.0 Å². The molecule has 0 spiro atoms. The maximum Gasteiger partial charge on any atom is 0.240 e. The third-order valence-corrected chi connectivity index (χ3v) is 2.65. The number of benzene rings is 1. The van der Waals surface area contributed by atoms with Crippen LogP contribution in [0.15, 0.2) is 24.3 Å². The Balaban J connectivity index is 2.25. The van der Waals surface area contributed by atoms with Crippen LogP contribution < -0.4 is 11.1 Å². The summed E-state index contributed by atoms with van der Waals surface area (Å²) in [5.41, 5.74) is 7.13. The summed E-state index contributed by atoms with van der Waals surface area (Å²) in [7, 11) is 0. The van der Waals surface area contributed by atoms with E-state index in [0.717, 1.165) is 11.0 Å². The van der Waals surface area contributed by atoms with Crippen molar-refractivity contribution < 1.29 is 4.79 Å². The van der Waals surface area contributed by atoms with E-state index in [4.69, 9.17) is 5.73 Å². The molecule has 1 atom stereocenters. The van der Waals surface area contributed by atoms with E-state index < -0.39 is 6.04 Å². The highest BCUT2D eigenvalue weighted by molar-refractivity contribution is 5.84. The lowest BCUT2D eigenvalue weighted by molar-refractivity contribution is -0.119. The lowest BCUT2D eigenvalue weighted by Gasteiger charge is -2.17. The molecule has 5 nitrogen and oxygen atoms in total. The summed E-state index contributed by atoms with van der Waals surface area (Å²) < 4.78 is 0. The molecule has 0 saturated heterocycles. The fourth-order valence-corrected chi connectivity index (χ4v) is 1.73. The van der Waals surface area contributed by atoms with Crippen molar-refractivity contribution >= 4 is 22.9 Å². The summed E-state index contributed by atoms with van der Waals surface area (Å²) in [6.07, 6.45) is 0. The van der Waals surface area contributed by atoms with E-state index in [1.807, 2.05) is 38.1 Å². The monoisotopic (exact) mass is 232 g/mol. The van der Waals surface area contributed by atoms with E-state index >= 15 is 0 Å². The third kappa shape index (κ3) is 2.38. The Morgan fingerprint density at radius 2 is 2.12 bits per heavy atom. The van der Waals surface area contributed by atoms with Crippen molar-refractivity contribution in [3.05, 3.63) is 24.3 Å². The molecule has 1 heterocycles. The van der Waals surface area contributed by atoms with Gasteiger partial charge in [-0.3, -0.25) is 4.79 Å². The summed E-state index contributed by atoms with van der Waals surface area (Å²) in [6.45, 7) is 3.87. The molecule has 0 bridgehead atoms. The van der Waals surface area contributed by atoms with Crippen LogP contribution in [0.3, 0.4) is 0 Å². The topological polar surface area (TPSA) is 83.8 Å². The van der Waals surface area contributed by atoms with Gasteiger partial charge in [0.2, 0.25) is 11.9 Å². The number of H-pyrrole nitrogens is 1. The number of rotatable bonds is 4. The maximum absolute atomic E-state index is 11.3. The Morgan fingerprint density at radius 3 is 2.71 bits per heavy atom. The van der Waals surface area contributed by atoms with Gasteiger partial charge in [-0.15, -0.1) is 0 Å². The van der Waals surface area contributed by atoms with E-state index in [2.05, 4.69) is 15.3 Å². The number of fused-ring (bicyclic) bond motifs is 1. The van der Waals surface area contributed by atoms with Crippen molar-refractivity contribution in [2.75, 3.05) is 5.32 Å². The summed E-state index contributed by atoms with van der Waals surface area (Å²) in [6, 6.07) is 7.27.